The Morgan fingerprint density at radius 1 is 1.38 bits per heavy atom. The first-order chi connectivity index (χ1) is 10.3. The highest BCUT2D eigenvalue weighted by Crippen LogP contribution is 2.60. The molecule has 1 aromatic heterocycles. The summed E-state index contributed by atoms with van der Waals surface area (Å²) in [6.07, 6.45) is 7.84. The lowest BCUT2D eigenvalue weighted by atomic mass is 9.54. The first kappa shape index (κ1) is 13.0. The Morgan fingerprint density at radius 3 is 3.00 bits per heavy atom. The van der Waals surface area contributed by atoms with Gasteiger partial charge in [-0.05, 0) is 31.4 Å². The normalized spacial score (nSPS) is 32.5. The number of nitrogens with zero attached hydrogens (tertiary/aromatic N) is 2. The van der Waals surface area contributed by atoms with Crippen molar-refractivity contribution in [3.05, 3.63) is 18.3 Å². The maximum absolute atomic E-state index is 12.2. The van der Waals surface area contributed by atoms with Crippen LogP contribution in [-0.2, 0) is 4.74 Å². The highest BCUT2D eigenvalue weighted by Gasteiger charge is 2.65. The van der Waals surface area contributed by atoms with E-state index in [2.05, 4.69) is 20.8 Å². The minimum Gasteiger partial charge on any atom is -0.377 e. The van der Waals surface area contributed by atoms with E-state index in [1.807, 2.05) is 0 Å². The summed E-state index contributed by atoms with van der Waals surface area (Å²) < 4.78 is 5.93. The Labute approximate surface area is 123 Å². The minimum absolute atomic E-state index is 0.181. The molecule has 0 aromatic carbocycles. The number of carbonyl (C=O) groups is 1. The lowest BCUT2D eigenvalue weighted by Crippen LogP contribution is -2.68. The molecule has 0 radical (unpaired) electrons. The fraction of sp³-hybridized carbons (Fsp3) is 0.667. The largest absolute Gasteiger partial charge is 0.377 e. The lowest BCUT2D eigenvalue weighted by molar-refractivity contribution is -0.125. The van der Waals surface area contributed by atoms with Crippen molar-refractivity contribution in [2.45, 2.75) is 44.2 Å². The molecule has 2 aliphatic carbocycles. The van der Waals surface area contributed by atoms with Crippen LogP contribution < -0.4 is 10.6 Å². The van der Waals surface area contributed by atoms with Gasteiger partial charge in [0, 0.05) is 30.2 Å². The monoisotopic (exact) mass is 288 g/mol. The van der Waals surface area contributed by atoms with Gasteiger partial charge >= 0.3 is 6.03 Å². The molecule has 2 amide bonds. The third-order valence-electron chi connectivity index (χ3n) is 5.39. The summed E-state index contributed by atoms with van der Waals surface area (Å²) in [6, 6.07) is 3.55. The molecule has 21 heavy (non-hydrogen) atoms. The SMILES string of the molecule is O=C(Nc1cccnn1)N[C@@H]1[C@H]2CCO[C@@H]2C12CCCC2. The number of fused-ring (bicyclic) bond motifs is 2. The lowest BCUT2D eigenvalue weighted by Gasteiger charge is -2.56. The summed E-state index contributed by atoms with van der Waals surface area (Å²) in [5.74, 6) is 0.963. The minimum atomic E-state index is -0.183. The van der Waals surface area contributed by atoms with E-state index in [9.17, 15) is 4.79 Å². The summed E-state index contributed by atoms with van der Waals surface area (Å²) >= 11 is 0. The first-order valence-corrected chi connectivity index (χ1v) is 7.76. The van der Waals surface area contributed by atoms with Crippen molar-refractivity contribution in [2.75, 3.05) is 11.9 Å². The van der Waals surface area contributed by atoms with Crippen LogP contribution in [0.25, 0.3) is 0 Å². The van der Waals surface area contributed by atoms with E-state index in [-0.39, 0.29) is 17.5 Å². The molecule has 3 aliphatic rings. The van der Waals surface area contributed by atoms with Crippen LogP contribution in [0.5, 0.6) is 0 Å². The number of urea groups is 1. The van der Waals surface area contributed by atoms with Gasteiger partial charge in [-0.2, -0.15) is 5.10 Å². The topological polar surface area (TPSA) is 76.1 Å². The molecule has 0 bridgehead atoms. The quantitative estimate of drug-likeness (QED) is 0.872. The number of hydrogen-bond donors (Lipinski definition) is 2. The van der Waals surface area contributed by atoms with Crippen LogP contribution in [-0.4, -0.2) is 35.0 Å². The Kier molecular flexibility index (Phi) is 3.06. The average molecular weight is 288 g/mol. The molecule has 3 atom stereocenters. The van der Waals surface area contributed by atoms with Crippen molar-refractivity contribution in [1.82, 2.24) is 15.5 Å². The number of carbonyl (C=O) groups excluding carboxylic acids is 1. The molecule has 112 valence electrons. The van der Waals surface area contributed by atoms with Gasteiger partial charge in [-0.1, -0.05) is 12.8 Å². The molecular formula is C15H20N4O2. The zero-order valence-corrected chi connectivity index (χ0v) is 11.9. The predicted octanol–water partition coefficient (Wildman–Crippen LogP) is 1.95. The number of ether oxygens (including phenoxy) is 1. The second-order valence-corrected chi connectivity index (χ2v) is 6.37. The molecule has 2 heterocycles. The van der Waals surface area contributed by atoms with Crippen LogP contribution >= 0.6 is 0 Å². The zero-order chi connectivity index (χ0) is 14.3. The third kappa shape index (κ3) is 2.00. The number of hydrogen-bond acceptors (Lipinski definition) is 4. The van der Waals surface area contributed by atoms with E-state index in [1.165, 1.54) is 25.7 Å². The van der Waals surface area contributed by atoms with Gasteiger partial charge < -0.3 is 10.1 Å². The van der Waals surface area contributed by atoms with Crippen LogP contribution in [0.3, 0.4) is 0 Å². The molecule has 1 aromatic rings. The highest BCUT2D eigenvalue weighted by molar-refractivity contribution is 5.88. The smallest absolute Gasteiger partial charge is 0.320 e. The summed E-state index contributed by atoms with van der Waals surface area (Å²) in [4.78, 5) is 12.2. The Morgan fingerprint density at radius 2 is 2.24 bits per heavy atom. The molecule has 2 N–H and O–H groups in total. The Hall–Kier alpha value is -1.69. The first-order valence-electron chi connectivity index (χ1n) is 7.76. The Bertz CT molecular complexity index is 530. The van der Waals surface area contributed by atoms with Crippen LogP contribution in [0.1, 0.15) is 32.1 Å². The van der Waals surface area contributed by atoms with Crippen molar-refractivity contribution < 1.29 is 9.53 Å². The van der Waals surface area contributed by atoms with Crippen molar-refractivity contribution >= 4 is 11.8 Å². The molecule has 0 unspecified atom stereocenters. The zero-order valence-electron chi connectivity index (χ0n) is 11.9. The van der Waals surface area contributed by atoms with Crippen LogP contribution in [0.2, 0.25) is 0 Å². The van der Waals surface area contributed by atoms with Gasteiger partial charge in [-0.25, -0.2) is 4.79 Å². The second-order valence-electron chi connectivity index (χ2n) is 6.37. The summed E-state index contributed by atoms with van der Waals surface area (Å²) in [5.41, 5.74) is 0.181. The number of amides is 2. The van der Waals surface area contributed by atoms with Crippen molar-refractivity contribution in [3.8, 4) is 0 Å². The maximum atomic E-state index is 12.2. The van der Waals surface area contributed by atoms with Gasteiger partial charge in [-0.15, -0.1) is 5.10 Å². The fourth-order valence-corrected chi connectivity index (χ4v) is 4.57. The van der Waals surface area contributed by atoms with E-state index in [4.69, 9.17) is 4.74 Å². The predicted molar refractivity (Wildman–Crippen MR) is 76.7 cm³/mol. The second kappa shape index (κ2) is 4.94. The maximum Gasteiger partial charge on any atom is 0.320 e. The molecule has 6 nitrogen and oxygen atoms in total. The number of anilines is 1. The van der Waals surface area contributed by atoms with Gasteiger partial charge in [0.1, 0.15) is 0 Å². The summed E-state index contributed by atoms with van der Waals surface area (Å²) in [5, 5.41) is 13.6. The van der Waals surface area contributed by atoms with Crippen LogP contribution in [0.4, 0.5) is 10.6 Å². The van der Waals surface area contributed by atoms with Gasteiger partial charge in [0.25, 0.3) is 0 Å². The van der Waals surface area contributed by atoms with Crippen molar-refractivity contribution in [3.63, 3.8) is 0 Å². The number of aromatic nitrogens is 2. The van der Waals surface area contributed by atoms with Gasteiger partial charge in [0.2, 0.25) is 0 Å². The van der Waals surface area contributed by atoms with E-state index in [0.717, 1.165) is 13.0 Å². The number of rotatable bonds is 2. The molecule has 1 spiro atoms. The molecular weight excluding hydrogens is 268 g/mol. The molecule has 2 saturated carbocycles. The van der Waals surface area contributed by atoms with Crippen molar-refractivity contribution in [2.24, 2.45) is 11.3 Å². The standard InChI is InChI=1S/C15H20N4O2/c20-14(17-11-4-3-8-16-19-11)18-12-10-5-9-21-13(10)15(12)6-1-2-7-15/h3-4,8,10,12-13H,1-2,5-7,9H2,(H2,17,18,19,20)/t10-,12-,13+/m1/s1. The van der Waals surface area contributed by atoms with Crippen LogP contribution in [0.15, 0.2) is 18.3 Å². The Balaban J connectivity index is 1.45. The molecule has 1 aliphatic heterocycles. The highest BCUT2D eigenvalue weighted by atomic mass is 16.5. The van der Waals surface area contributed by atoms with E-state index in [1.54, 1.807) is 18.3 Å². The molecule has 3 fully saturated rings. The summed E-state index contributed by atoms with van der Waals surface area (Å²) in [6.45, 7) is 0.834. The third-order valence-corrected chi connectivity index (χ3v) is 5.39. The van der Waals surface area contributed by atoms with E-state index in [0.29, 0.717) is 17.8 Å². The van der Waals surface area contributed by atoms with Gasteiger partial charge in [0.05, 0.1) is 6.10 Å². The molecule has 4 rings (SSSR count). The van der Waals surface area contributed by atoms with Gasteiger partial charge in [0.15, 0.2) is 5.82 Å². The molecule has 1 saturated heterocycles. The molecule has 6 heteroatoms. The fourth-order valence-electron chi connectivity index (χ4n) is 4.57. The van der Waals surface area contributed by atoms with E-state index >= 15 is 0 Å². The van der Waals surface area contributed by atoms with Gasteiger partial charge in [-0.3, -0.25) is 5.32 Å². The number of nitrogens with one attached hydrogen (secondary N) is 2. The van der Waals surface area contributed by atoms with E-state index < -0.39 is 0 Å². The summed E-state index contributed by atoms with van der Waals surface area (Å²) in [7, 11) is 0. The average Bonchev–Trinajstić information content (AvgIpc) is 3.14. The van der Waals surface area contributed by atoms with Crippen molar-refractivity contribution in [1.29, 1.82) is 0 Å². The van der Waals surface area contributed by atoms with Crippen LogP contribution in [0, 0.1) is 11.3 Å².